The quantitative estimate of drug-likeness (QED) is 0.0571. The summed E-state index contributed by atoms with van der Waals surface area (Å²) in [5.41, 5.74) is -1.06. The smallest absolute Gasteiger partial charge is 0.328 e. The molecule has 3 N–H and O–H groups in total. The van der Waals surface area contributed by atoms with Crippen molar-refractivity contribution in [3.63, 3.8) is 0 Å². The van der Waals surface area contributed by atoms with Crippen LogP contribution in [0, 0.1) is 26.1 Å². The summed E-state index contributed by atoms with van der Waals surface area (Å²) >= 11 is 0.790. The number of carbonyl (C=O) groups excluding carboxylic acids is 5. The number of thioether (sulfide) groups is 1. The summed E-state index contributed by atoms with van der Waals surface area (Å²) in [4.78, 5) is 83.8. The molecule has 0 saturated carbocycles. The normalized spacial score (nSPS) is 12.0. The standard InChI is InChI=1S/C28H41N5O11S/c1-5-7-13-43-25(35)16-29-27(37)21(17-45-23-11-9-19(32(39)40)15-22(23)33(41)42)30-24(34)12-10-20(31-26(36)18(3)4)28(38)44-14-8-6-2/h9,11,15,18,20-21H,5-8,10,12-14,16-17H2,1-4H3,(H,29,37)(H,30,34)(H,31,36)/t20-,21-/m0/s1. The van der Waals surface area contributed by atoms with Gasteiger partial charge in [0.05, 0.1) is 34.0 Å². The lowest BCUT2D eigenvalue weighted by Gasteiger charge is -2.21. The van der Waals surface area contributed by atoms with Gasteiger partial charge in [-0.25, -0.2) is 4.79 Å². The highest BCUT2D eigenvalue weighted by Crippen LogP contribution is 2.32. The Bertz CT molecular complexity index is 1210. The van der Waals surface area contributed by atoms with Crippen LogP contribution in [0.1, 0.15) is 66.2 Å². The van der Waals surface area contributed by atoms with Gasteiger partial charge in [-0.2, -0.15) is 0 Å². The number of nitro groups is 2. The number of rotatable bonds is 21. The highest BCUT2D eigenvalue weighted by Gasteiger charge is 2.28. The Morgan fingerprint density at radius 2 is 1.53 bits per heavy atom. The van der Waals surface area contributed by atoms with E-state index in [0.29, 0.717) is 12.8 Å². The van der Waals surface area contributed by atoms with E-state index in [9.17, 15) is 44.2 Å². The van der Waals surface area contributed by atoms with Gasteiger partial charge in [-0.05, 0) is 25.3 Å². The van der Waals surface area contributed by atoms with E-state index in [1.165, 1.54) is 0 Å². The monoisotopic (exact) mass is 655 g/mol. The third-order valence-electron chi connectivity index (χ3n) is 6.10. The van der Waals surface area contributed by atoms with Gasteiger partial charge >= 0.3 is 11.9 Å². The fourth-order valence-electron chi connectivity index (χ4n) is 3.45. The summed E-state index contributed by atoms with van der Waals surface area (Å²) in [6.45, 7) is 6.91. The summed E-state index contributed by atoms with van der Waals surface area (Å²) in [5.74, 6) is -4.01. The highest BCUT2D eigenvalue weighted by molar-refractivity contribution is 7.99. The first-order chi connectivity index (χ1) is 21.3. The van der Waals surface area contributed by atoms with E-state index in [-0.39, 0.29) is 36.7 Å². The van der Waals surface area contributed by atoms with E-state index in [1.54, 1.807) is 13.8 Å². The number of ether oxygens (including phenoxy) is 2. The molecule has 0 spiro atoms. The minimum Gasteiger partial charge on any atom is -0.464 e. The molecule has 16 nitrogen and oxygen atoms in total. The number of nitrogens with one attached hydrogen (secondary N) is 3. The fourth-order valence-corrected chi connectivity index (χ4v) is 4.48. The van der Waals surface area contributed by atoms with E-state index in [1.807, 2.05) is 13.8 Å². The predicted molar refractivity (Wildman–Crippen MR) is 163 cm³/mol. The minimum absolute atomic E-state index is 0.00270. The van der Waals surface area contributed by atoms with Crippen LogP contribution in [0.2, 0.25) is 0 Å². The van der Waals surface area contributed by atoms with Gasteiger partial charge < -0.3 is 25.4 Å². The molecule has 0 aliphatic rings. The molecular weight excluding hydrogens is 614 g/mol. The van der Waals surface area contributed by atoms with Gasteiger partial charge in [-0.15, -0.1) is 11.8 Å². The molecule has 0 fully saturated rings. The van der Waals surface area contributed by atoms with Gasteiger partial charge in [-0.3, -0.25) is 39.4 Å². The number of unbranched alkanes of at least 4 members (excludes halogenated alkanes) is 2. The molecule has 3 amide bonds. The largest absolute Gasteiger partial charge is 0.464 e. The van der Waals surface area contributed by atoms with Crippen molar-refractivity contribution >= 4 is 52.8 Å². The molecule has 1 aromatic rings. The second-order valence-electron chi connectivity index (χ2n) is 10.2. The van der Waals surface area contributed by atoms with Crippen LogP contribution in [-0.4, -0.2) is 77.1 Å². The zero-order valence-corrected chi connectivity index (χ0v) is 26.6. The Labute approximate surface area is 265 Å². The number of amides is 3. The molecule has 45 heavy (non-hydrogen) atoms. The zero-order chi connectivity index (χ0) is 33.9. The van der Waals surface area contributed by atoms with Crippen LogP contribution in [0.25, 0.3) is 0 Å². The molecule has 0 aliphatic carbocycles. The Kier molecular flexibility index (Phi) is 17.8. The molecule has 0 radical (unpaired) electrons. The van der Waals surface area contributed by atoms with Crippen molar-refractivity contribution in [3.05, 3.63) is 38.4 Å². The molecule has 0 unspecified atom stereocenters. The number of nitrogens with zero attached hydrogens (tertiary/aromatic N) is 2. The summed E-state index contributed by atoms with van der Waals surface area (Å²) in [6, 6.07) is 0.578. The van der Waals surface area contributed by atoms with Crippen LogP contribution in [0.4, 0.5) is 11.4 Å². The first-order valence-electron chi connectivity index (χ1n) is 14.6. The SMILES string of the molecule is CCCCOC(=O)CNC(=O)[C@H](CSc1ccc([N+](=O)[O-])cc1[N+](=O)[O-])NC(=O)CC[C@H](NC(=O)C(C)C)C(=O)OCCCC. The van der Waals surface area contributed by atoms with Crippen LogP contribution in [0.5, 0.6) is 0 Å². The molecule has 0 aliphatic heterocycles. The average molecular weight is 656 g/mol. The van der Waals surface area contributed by atoms with Gasteiger partial charge in [-0.1, -0.05) is 40.5 Å². The number of hydrogen-bond donors (Lipinski definition) is 3. The zero-order valence-electron chi connectivity index (χ0n) is 25.8. The van der Waals surface area contributed by atoms with Gasteiger partial charge in [0.15, 0.2) is 0 Å². The topological polar surface area (TPSA) is 226 Å². The van der Waals surface area contributed by atoms with Crippen molar-refractivity contribution in [2.75, 3.05) is 25.5 Å². The lowest BCUT2D eigenvalue weighted by molar-refractivity contribution is -0.396. The molecule has 0 heterocycles. The Morgan fingerprint density at radius 3 is 2.11 bits per heavy atom. The van der Waals surface area contributed by atoms with E-state index < -0.39 is 75.4 Å². The summed E-state index contributed by atoms with van der Waals surface area (Å²) in [6.07, 6.45) is 2.36. The molecule has 1 rings (SSSR count). The first-order valence-corrected chi connectivity index (χ1v) is 15.5. The molecule has 2 atom stereocenters. The molecule has 0 bridgehead atoms. The second-order valence-corrected chi connectivity index (χ2v) is 11.2. The number of carbonyl (C=O) groups is 5. The lowest BCUT2D eigenvalue weighted by atomic mass is 10.1. The molecule has 0 aromatic heterocycles. The third kappa shape index (κ3) is 14.8. The van der Waals surface area contributed by atoms with Crippen LogP contribution in [0.15, 0.2) is 23.1 Å². The van der Waals surface area contributed by atoms with Gasteiger partial charge in [0.2, 0.25) is 17.7 Å². The van der Waals surface area contributed by atoms with Crippen LogP contribution in [0.3, 0.4) is 0 Å². The maximum absolute atomic E-state index is 13.0. The number of benzene rings is 1. The fraction of sp³-hybridized carbons (Fsp3) is 0.607. The van der Waals surface area contributed by atoms with E-state index in [2.05, 4.69) is 16.0 Å². The maximum Gasteiger partial charge on any atom is 0.328 e. The Hall–Kier alpha value is -4.28. The van der Waals surface area contributed by atoms with E-state index in [0.717, 1.165) is 42.8 Å². The van der Waals surface area contributed by atoms with Crippen molar-refractivity contribution in [3.8, 4) is 0 Å². The van der Waals surface area contributed by atoms with Crippen molar-refractivity contribution in [2.45, 2.75) is 83.2 Å². The first kappa shape index (κ1) is 38.7. The maximum atomic E-state index is 13.0. The molecular formula is C28H41N5O11S. The lowest BCUT2D eigenvalue weighted by Crippen LogP contribution is -2.50. The van der Waals surface area contributed by atoms with E-state index >= 15 is 0 Å². The van der Waals surface area contributed by atoms with Crippen molar-refractivity contribution in [2.24, 2.45) is 5.92 Å². The third-order valence-corrected chi connectivity index (χ3v) is 7.26. The summed E-state index contributed by atoms with van der Waals surface area (Å²) < 4.78 is 10.2. The number of nitro benzene ring substituents is 2. The summed E-state index contributed by atoms with van der Waals surface area (Å²) in [5, 5.41) is 30.0. The Morgan fingerprint density at radius 1 is 0.889 bits per heavy atom. The van der Waals surface area contributed by atoms with Crippen molar-refractivity contribution < 1.29 is 43.3 Å². The van der Waals surface area contributed by atoms with Crippen molar-refractivity contribution in [1.82, 2.24) is 16.0 Å². The molecule has 0 saturated heterocycles. The molecule has 17 heteroatoms. The van der Waals surface area contributed by atoms with Gasteiger partial charge in [0, 0.05) is 24.2 Å². The number of non-ortho nitro benzene ring substituents is 1. The Balaban J connectivity index is 3.06. The second kappa shape index (κ2) is 20.6. The van der Waals surface area contributed by atoms with E-state index in [4.69, 9.17) is 9.47 Å². The van der Waals surface area contributed by atoms with Crippen LogP contribution >= 0.6 is 11.8 Å². The number of hydrogen-bond acceptors (Lipinski definition) is 12. The van der Waals surface area contributed by atoms with Crippen LogP contribution < -0.4 is 16.0 Å². The highest BCUT2D eigenvalue weighted by atomic mass is 32.2. The summed E-state index contributed by atoms with van der Waals surface area (Å²) in [7, 11) is 0. The van der Waals surface area contributed by atoms with Gasteiger partial charge in [0.25, 0.3) is 11.4 Å². The van der Waals surface area contributed by atoms with Crippen LogP contribution in [-0.2, 0) is 33.4 Å². The minimum atomic E-state index is -1.32. The van der Waals surface area contributed by atoms with Crippen molar-refractivity contribution in [1.29, 1.82) is 0 Å². The molecule has 250 valence electrons. The molecule has 1 aromatic carbocycles. The average Bonchev–Trinajstić information content (AvgIpc) is 2.99. The van der Waals surface area contributed by atoms with Gasteiger partial charge in [0.1, 0.15) is 18.6 Å². The predicted octanol–water partition coefficient (Wildman–Crippen LogP) is 2.80. The number of esters is 2.